The van der Waals surface area contributed by atoms with Crippen molar-refractivity contribution in [3.8, 4) is 0 Å². The maximum Gasteiger partial charge on any atom is 0.217 e. The number of nitrogens with one attached hydrogen (secondary N) is 1. The summed E-state index contributed by atoms with van der Waals surface area (Å²) in [5, 5.41) is 30.7. The molecule has 0 unspecified atom stereocenters. The van der Waals surface area contributed by atoms with Gasteiger partial charge in [0.15, 0.2) is 6.29 Å². The van der Waals surface area contributed by atoms with Crippen LogP contribution >= 0.6 is 0 Å². The van der Waals surface area contributed by atoms with E-state index < -0.39 is 36.6 Å². The molecule has 0 saturated carbocycles. The predicted molar refractivity (Wildman–Crippen MR) is 52.4 cm³/mol. The average molecular weight is 235 g/mol. The first kappa shape index (κ1) is 13.3. The summed E-state index contributed by atoms with van der Waals surface area (Å²) in [6, 6.07) is -0.967. The van der Waals surface area contributed by atoms with Gasteiger partial charge < -0.3 is 30.1 Å². The topological polar surface area (TPSA) is 108 Å². The molecule has 1 fully saturated rings. The monoisotopic (exact) mass is 235 g/mol. The first-order valence-corrected chi connectivity index (χ1v) is 4.93. The van der Waals surface area contributed by atoms with Crippen molar-refractivity contribution < 1.29 is 29.6 Å². The molecule has 1 heterocycles. The molecule has 94 valence electrons. The number of methoxy groups -OCH3 is 1. The Morgan fingerprint density at radius 3 is 2.56 bits per heavy atom. The third-order valence-electron chi connectivity index (χ3n) is 2.51. The van der Waals surface area contributed by atoms with E-state index in [1.807, 2.05) is 0 Å². The average Bonchev–Trinajstić information content (AvgIpc) is 2.23. The highest BCUT2D eigenvalue weighted by atomic mass is 16.6. The summed E-state index contributed by atoms with van der Waals surface area (Å²) in [7, 11) is 1.35. The van der Waals surface area contributed by atoms with Crippen LogP contribution in [0.4, 0.5) is 0 Å². The molecule has 1 aliphatic heterocycles. The summed E-state index contributed by atoms with van der Waals surface area (Å²) in [6.07, 6.45) is -4.14. The fourth-order valence-corrected chi connectivity index (χ4v) is 1.76. The zero-order chi connectivity index (χ0) is 12.3. The second-order valence-electron chi connectivity index (χ2n) is 3.66. The van der Waals surface area contributed by atoms with Crippen molar-refractivity contribution >= 4 is 5.91 Å². The standard InChI is InChI=1S/C9H17NO6/c1-4(12)10-6-7(13)8(15-2)5(3-11)16-9(6)14/h5-9,11,13-14H,3H2,1-2H3,(H,10,12)/t5-,6-,7-,8-,9-/m1/s1. The number of rotatable bonds is 3. The highest BCUT2D eigenvalue weighted by molar-refractivity contribution is 5.73. The van der Waals surface area contributed by atoms with Gasteiger partial charge in [-0.1, -0.05) is 0 Å². The van der Waals surface area contributed by atoms with E-state index in [1.165, 1.54) is 14.0 Å². The predicted octanol–water partition coefficient (Wildman–Crippen LogP) is -2.42. The Morgan fingerprint density at radius 2 is 2.12 bits per heavy atom. The van der Waals surface area contributed by atoms with Gasteiger partial charge in [-0.3, -0.25) is 4.79 Å². The van der Waals surface area contributed by atoms with E-state index in [2.05, 4.69) is 5.32 Å². The Kier molecular flexibility index (Phi) is 4.63. The molecular weight excluding hydrogens is 218 g/mol. The van der Waals surface area contributed by atoms with Gasteiger partial charge in [0.2, 0.25) is 5.91 Å². The molecule has 0 aliphatic carbocycles. The number of hydrogen-bond acceptors (Lipinski definition) is 6. The van der Waals surface area contributed by atoms with Crippen LogP contribution in [0.25, 0.3) is 0 Å². The molecule has 0 aromatic heterocycles. The minimum atomic E-state index is -1.37. The van der Waals surface area contributed by atoms with E-state index in [0.717, 1.165) is 0 Å². The summed E-state index contributed by atoms with van der Waals surface area (Å²) >= 11 is 0. The highest BCUT2D eigenvalue weighted by Crippen LogP contribution is 2.21. The van der Waals surface area contributed by atoms with Gasteiger partial charge in [0.1, 0.15) is 24.4 Å². The molecule has 0 radical (unpaired) electrons. The molecule has 1 aliphatic rings. The van der Waals surface area contributed by atoms with Crippen LogP contribution in [-0.4, -0.2) is 65.6 Å². The summed E-state index contributed by atoms with van der Waals surface area (Å²) in [6.45, 7) is 0.874. The van der Waals surface area contributed by atoms with Crippen LogP contribution in [0.5, 0.6) is 0 Å². The minimum Gasteiger partial charge on any atom is -0.394 e. The van der Waals surface area contributed by atoms with Gasteiger partial charge in [-0.05, 0) is 0 Å². The van der Waals surface area contributed by atoms with Gasteiger partial charge in [-0.2, -0.15) is 0 Å². The van der Waals surface area contributed by atoms with E-state index in [-0.39, 0.29) is 6.61 Å². The van der Waals surface area contributed by atoms with Gasteiger partial charge >= 0.3 is 0 Å². The Labute approximate surface area is 93.0 Å². The van der Waals surface area contributed by atoms with Gasteiger partial charge in [0.25, 0.3) is 0 Å². The number of carbonyl (C=O) groups excluding carboxylic acids is 1. The summed E-state index contributed by atoms with van der Waals surface area (Å²) in [4.78, 5) is 10.9. The first-order valence-electron chi connectivity index (χ1n) is 4.93. The quantitative estimate of drug-likeness (QED) is 0.433. The maximum atomic E-state index is 10.9. The maximum absolute atomic E-state index is 10.9. The zero-order valence-electron chi connectivity index (χ0n) is 9.16. The number of carbonyl (C=O) groups is 1. The molecule has 7 heteroatoms. The molecule has 5 atom stereocenters. The minimum absolute atomic E-state index is 0.389. The fraction of sp³-hybridized carbons (Fsp3) is 0.889. The zero-order valence-corrected chi connectivity index (χ0v) is 9.16. The molecule has 0 aromatic rings. The lowest BCUT2D eigenvalue weighted by atomic mass is 9.97. The van der Waals surface area contributed by atoms with Crippen LogP contribution < -0.4 is 5.32 Å². The fourth-order valence-electron chi connectivity index (χ4n) is 1.76. The number of aliphatic hydroxyl groups excluding tert-OH is 3. The lowest BCUT2D eigenvalue weighted by molar-refractivity contribution is -0.258. The molecule has 0 spiro atoms. The Hall–Kier alpha value is -0.730. The smallest absolute Gasteiger partial charge is 0.217 e. The van der Waals surface area contributed by atoms with E-state index in [4.69, 9.17) is 14.6 Å². The number of hydrogen-bond donors (Lipinski definition) is 4. The third-order valence-corrected chi connectivity index (χ3v) is 2.51. The van der Waals surface area contributed by atoms with Crippen molar-refractivity contribution in [1.82, 2.24) is 5.32 Å². The molecule has 0 bridgehead atoms. The van der Waals surface area contributed by atoms with E-state index in [1.54, 1.807) is 0 Å². The van der Waals surface area contributed by atoms with E-state index in [9.17, 15) is 15.0 Å². The van der Waals surface area contributed by atoms with E-state index in [0.29, 0.717) is 0 Å². The molecule has 1 amide bonds. The van der Waals surface area contributed by atoms with Crippen LogP contribution in [-0.2, 0) is 14.3 Å². The molecule has 4 N–H and O–H groups in total. The van der Waals surface area contributed by atoms with Gasteiger partial charge in [-0.25, -0.2) is 0 Å². The summed E-state index contributed by atoms with van der Waals surface area (Å²) in [5.41, 5.74) is 0. The normalized spacial score (nSPS) is 39.4. The molecule has 1 rings (SSSR count). The van der Waals surface area contributed by atoms with Gasteiger partial charge in [0.05, 0.1) is 6.61 Å². The molecular formula is C9H17NO6. The first-order chi connectivity index (χ1) is 7.51. The Morgan fingerprint density at radius 1 is 1.50 bits per heavy atom. The summed E-state index contributed by atoms with van der Waals surface area (Å²) in [5.74, 6) is -0.399. The van der Waals surface area contributed by atoms with Crippen LogP contribution in [0.15, 0.2) is 0 Å². The number of ether oxygens (including phenoxy) is 2. The van der Waals surface area contributed by atoms with Gasteiger partial charge in [-0.15, -0.1) is 0 Å². The Balaban J connectivity index is 2.76. The summed E-state index contributed by atoms with van der Waals surface area (Å²) < 4.78 is 10.00. The number of amides is 1. The third kappa shape index (κ3) is 2.69. The van der Waals surface area contributed by atoms with Crippen molar-refractivity contribution in [3.05, 3.63) is 0 Å². The van der Waals surface area contributed by atoms with Crippen molar-refractivity contribution in [1.29, 1.82) is 0 Å². The Bertz CT molecular complexity index is 248. The molecule has 16 heavy (non-hydrogen) atoms. The van der Waals surface area contributed by atoms with Crippen molar-refractivity contribution in [3.63, 3.8) is 0 Å². The number of aliphatic hydroxyl groups is 3. The van der Waals surface area contributed by atoms with E-state index >= 15 is 0 Å². The van der Waals surface area contributed by atoms with Crippen molar-refractivity contribution in [2.24, 2.45) is 0 Å². The second kappa shape index (κ2) is 5.55. The highest BCUT2D eigenvalue weighted by Gasteiger charge is 2.44. The largest absolute Gasteiger partial charge is 0.394 e. The van der Waals surface area contributed by atoms with Crippen LogP contribution in [0.1, 0.15) is 6.92 Å². The van der Waals surface area contributed by atoms with Crippen LogP contribution in [0.2, 0.25) is 0 Å². The van der Waals surface area contributed by atoms with Crippen LogP contribution in [0, 0.1) is 0 Å². The molecule has 7 nitrogen and oxygen atoms in total. The second-order valence-corrected chi connectivity index (χ2v) is 3.66. The SMILES string of the molecule is CO[C@H]1[C@H](O)[C@@H](NC(C)=O)[C@H](O)O[C@@H]1CO. The molecule has 1 saturated heterocycles. The van der Waals surface area contributed by atoms with Crippen molar-refractivity contribution in [2.45, 2.75) is 37.6 Å². The lowest BCUT2D eigenvalue weighted by Gasteiger charge is -2.41. The van der Waals surface area contributed by atoms with Gasteiger partial charge in [0, 0.05) is 14.0 Å². The lowest BCUT2D eigenvalue weighted by Crippen LogP contribution is -2.64. The van der Waals surface area contributed by atoms with Crippen molar-refractivity contribution in [2.75, 3.05) is 13.7 Å². The molecule has 0 aromatic carbocycles. The van der Waals surface area contributed by atoms with Crippen LogP contribution in [0.3, 0.4) is 0 Å².